The fourth-order valence-corrected chi connectivity index (χ4v) is 2.47. The highest BCUT2D eigenvalue weighted by atomic mass is 79.9. The largest absolute Gasteiger partial charge is 0.480 e. The summed E-state index contributed by atoms with van der Waals surface area (Å²) in [7, 11) is 0. The fraction of sp³-hybridized carbons (Fsp3) is 0.429. The molecule has 0 atom stereocenters. The summed E-state index contributed by atoms with van der Waals surface area (Å²) < 4.78 is 0.955. The molecule has 0 spiro atoms. The predicted octanol–water partition coefficient (Wildman–Crippen LogP) is 3.09. The van der Waals surface area contributed by atoms with E-state index in [-0.39, 0.29) is 18.6 Å². The number of carboxylic acid groups (broad SMARTS) is 1. The summed E-state index contributed by atoms with van der Waals surface area (Å²) in [6, 6.07) is 5.35. The van der Waals surface area contributed by atoms with E-state index in [1.807, 2.05) is 25.1 Å². The van der Waals surface area contributed by atoms with Gasteiger partial charge in [-0.05, 0) is 43.0 Å². The Morgan fingerprint density at radius 1 is 1.45 bits per heavy atom. The summed E-state index contributed by atoms with van der Waals surface area (Å²) in [5, 5.41) is 11.7. The Bertz CT molecular complexity index is 529. The number of halogens is 1. The number of nitrogens with one attached hydrogen (secondary N) is 1. The molecule has 2 amide bonds. The first-order chi connectivity index (χ1) is 9.51. The molecule has 1 fully saturated rings. The first-order valence-corrected chi connectivity index (χ1v) is 7.38. The number of anilines is 1. The molecule has 6 heteroatoms. The van der Waals surface area contributed by atoms with Crippen molar-refractivity contribution >= 4 is 33.6 Å². The van der Waals surface area contributed by atoms with Crippen LogP contribution >= 0.6 is 15.9 Å². The maximum absolute atomic E-state index is 12.2. The quantitative estimate of drug-likeness (QED) is 0.865. The maximum Gasteiger partial charge on any atom is 0.323 e. The van der Waals surface area contributed by atoms with Gasteiger partial charge in [0.1, 0.15) is 6.54 Å². The number of benzene rings is 1. The zero-order valence-electron chi connectivity index (χ0n) is 11.2. The van der Waals surface area contributed by atoms with Crippen LogP contribution in [0.15, 0.2) is 22.7 Å². The topological polar surface area (TPSA) is 69.6 Å². The average molecular weight is 341 g/mol. The van der Waals surface area contributed by atoms with Gasteiger partial charge in [-0.1, -0.05) is 22.9 Å². The van der Waals surface area contributed by atoms with Crippen molar-refractivity contribution in [3.63, 3.8) is 0 Å². The Balaban J connectivity index is 2.11. The van der Waals surface area contributed by atoms with Gasteiger partial charge in [-0.2, -0.15) is 0 Å². The van der Waals surface area contributed by atoms with Crippen LogP contribution in [-0.4, -0.2) is 34.6 Å². The molecule has 0 unspecified atom stereocenters. The molecule has 0 radical (unpaired) electrons. The van der Waals surface area contributed by atoms with E-state index in [1.54, 1.807) is 0 Å². The van der Waals surface area contributed by atoms with Crippen LogP contribution in [0, 0.1) is 0 Å². The lowest BCUT2D eigenvalue weighted by molar-refractivity contribution is -0.137. The van der Waals surface area contributed by atoms with Crippen LogP contribution in [0.2, 0.25) is 0 Å². The predicted molar refractivity (Wildman–Crippen MR) is 79.9 cm³/mol. The van der Waals surface area contributed by atoms with E-state index in [9.17, 15) is 9.59 Å². The second kappa shape index (κ2) is 6.26. The number of hydrogen-bond donors (Lipinski definition) is 2. The lowest BCUT2D eigenvalue weighted by Gasteiger charge is -2.21. The van der Waals surface area contributed by atoms with Gasteiger partial charge >= 0.3 is 12.0 Å². The summed E-state index contributed by atoms with van der Waals surface area (Å²) >= 11 is 3.40. The highest BCUT2D eigenvalue weighted by Gasteiger charge is 2.34. The minimum atomic E-state index is -0.987. The van der Waals surface area contributed by atoms with Gasteiger partial charge in [-0.3, -0.25) is 4.79 Å². The fourth-order valence-electron chi connectivity index (χ4n) is 2.06. The number of aliphatic carboxylic acids is 1. The van der Waals surface area contributed by atoms with E-state index in [4.69, 9.17) is 5.11 Å². The monoisotopic (exact) mass is 340 g/mol. The third kappa shape index (κ3) is 3.72. The van der Waals surface area contributed by atoms with Gasteiger partial charge in [0.05, 0.1) is 0 Å². The van der Waals surface area contributed by atoms with Crippen LogP contribution in [0.1, 0.15) is 25.3 Å². The minimum Gasteiger partial charge on any atom is -0.480 e. The van der Waals surface area contributed by atoms with Crippen molar-refractivity contribution in [3.8, 4) is 0 Å². The number of nitrogens with zero attached hydrogens (tertiary/aromatic N) is 1. The maximum atomic E-state index is 12.2. The molecule has 0 aliphatic heterocycles. The summed E-state index contributed by atoms with van der Waals surface area (Å²) in [4.78, 5) is 24.5. The number of carbonyl (C=O) groups is 2. The molecule has 1 aromatic rings. The lowest BCUT2D eigenvalue weighted by Crippen LogP contribution is -2.40. The molecule has 108 valence electrons. The number of aryl methyl sites for hydroxylation is 1. The second-order valence-corrected chi connectivity index (χ2v) is 5.75. The summed E-state index contributed by atoms with van der Waals surface area (Å²) in [6.45, 7) is 1.75. The van der Waals surface area contributed by atoms with Gasteiger partial charge in [0.25, 0.3) is 0 Å². The SMILES string of the molecule is CCc1cc(Br)ccc1NC(=O)N(CC(=O)O)C1CC1. The molecule has 1 saturated carbocycles. The Hall–Kier alpha value is -1.56. The Kier molecular flexibility index (Phi) is 4.65. The smallest absolute Gasteiger partial charge is 0.323 e. The average Bonchev–Trinajstić information content (AvgIpc) is 3.22. The van der Waals surface area contributed by atoms with Gasteiger partial charge in [0, 0.05) is 16.2 Å². The van der Waals surface area contributed by atoms with Crippen LogP contribution in [0.4, 0.5) is 10.5 Å². The zero-order chi connectivity index (χ0) is 14.7. The molecule has 1 aromatic carbocycles. The number of hydrogen-bond acceptors (Lipinski definition) is 2. The van der Waals surface area contributed by atoms with Crippen molar-refractivity contribution in [2.75, 3.05) is 11.9 Å². The van der Waals surface area contributed by atoms with Crippen molar-refractivity contribution in [2.45, 2.75) is 32.2 Å². The molecule has 2 N–H and O–H groups in total. The van der Waals surface area contributed by atoms with E-state index in [0.29, 0.717) is 0 Å². The van der Waals surface area contributed by atoms with Crippen molar-refractivity contribution in [3.05, 3.63) is 28.2 Å². The van der Waals surface area contributed by atoms with Crippen LogP contribution in [-0.2, 0) is 11.2 Å². The van der Waals surface area contributed by atoms with Crippen molar-refractivity contribution in [1.29, 1.82) is 0 Å². The molecule has 1 aliphatic rings. The van der Waals surface area contributed by atoms with E-state index in [2.05, 4.69) is 21.2 Å². The number of amides is 2. The molecule has 20 heavy (non-hydrogen) atoms. The summed E-state index contributed by atoms with van der Waals surface area (Å²) in [6.07, 6.45) is 2.54. The number of carboxylic acids is 1. The third-order valence-electron chi connectivity index (χ3n) is 3.24. The first kappa shape index (κ1) is 14.8. The van der Waals surface area contributed by atoms with Crippen LogP contribution in [0.25, 0.3) is 0 Å². The zero-order valence-corrected chi connectivity index (χ0v) is 12.8. The summed E-state index contributed by atoms with van der Waals surface area (Å²) in [5.41, 5.74) is 1.75. The van der Waals surface area contributed by atoms with Crippen molar-refractivity contribution in [2.24, 2.45) is 0 Å². The number of urea groups is 1. The van der Waals surface area contributed by atoms with E-state index in [0.717, 1.165) is 35.0 Å². The molecular formula is C14H17BrN2O3. The van der Waals surface area contributed by atoms with E-state index in [1.165, 1.54) is 4.90 Å². The van der Waals surface area contributed by atoms with Gasteiger partial charge in [0.2, 0.25) is 0 Å². The van der Waals surface area contributed by atoms with Gasteiger partial charge in [-0.25, -0.2) is 4.79 Å². The Morgan fingerprint density at radius 3 is 2.70 bits per heavy atom. The summed E-state index contributed by atoms with van der Waals surface area (Å²) in [5.74, 6) is -0.987. The van der Waals surface area contributed by atoms with Gasteiger partial charge in [0.15, 0.2) is 0 Å². The first-order valence-electron chi connectivity index (χ1n) is 6.59. The molecule has 0 heterocycles. The molecule has 5 nitrogen and oxygen atoms in total. The molecule has 2 rings (SSSR count). The number of rotatable bonds is 5. The van der Waals surface area contributed by atoms with Crippen LogP contribution in [0.3, 0.4) is 0 Å². The molecule has 1 aliphatic carbocycles. The van der Waals surface area contributed by atoms with Crippen LogP contribution in [0.5, 0.6) is 0 Å². The molecule has 0 aromatic heterocycles. The van der Waals surface area contributed by atoms with Gasteiger partial charge < -0.3 is 15.3 Å². The Morgan fingerprint density at radius 2 is 2.15 bits per heavy atom. The van der Waals surface area contributed by atoms with Crippen molar-refractivity contribution in [1.82, 2.24) is 4.90 Å². The normalized spacial score (nSPS) is 13.9. The minimum absolute atomic E-state index is 0.0617. The highest BCUT2D eigenvalue weighted by Crippen LogP contribution is 2.28. The third-order valence-corrected chi connectivity index (χ3v) is 3.74. The van der Waals surface area contributed by atoms with E-state index >= 15 is 0 Å². The molecule has 0 saturated heterocycles. The second-order valence-electron chi connectivity index (χ2n) is 4.84. The standard InChI is InChI=1S/C14H17BrN2O3/c1-2-9-7-10(15)3-6-12(9)16-14(20)17(8-13(18)19)11-4-5-11/h3,6-7,11H,2,4-5,8H2,1H3,(H,16,20)(H,18,19). The highest BCUT2D eigenvalue weighted by molar-refractivity contribution is 9.10. The van der Waals surface area contributed by atoms with E-state index < -0.39 is 5.97 Å². The number of carbonyl (C=O) groups excluding carboxylic acids is 1. The Labute approximate surface area is 126 Å². The molecule has 0 bridgehead atoms. The molecular weight excluding hydrogens is 324 g/mol. The van der Waals surface area contributed by atoms with Crippen molar-refractivity contribution < 1.29 is 14.7 Å². The lowest BCUT2D eigenvalue weighted by atomic mass is 10.1. The van der Waals surface area contributed by atoms with Crippen LogP contribution < -0.4 is 5.32 Å². The van der Waals surface area contributed by atoms with Gasteiger partial charge in [-0.15, -0.1) is 0 Å².